The van der Waals surface area contributed by atoms with Crippen LogP contribution in [-0.2, 0) is 6.54 Å². The van der Waals surface area contributed by atoms with Crippen molar-refractivity contribution in [2.24, 2.45) is 4.99 Å². The average Bonchev–Trinajstić information content (AvgIpc) is 2.68. The highest BCUT2D eigenvalue weighted by Gasteiger charge is 2.04. The number of aromatic nitrogens is 1. The van der Waals surface area contributed by atoms with Crippen LogP contribution in [0.2, 0.25) is 0 Å². The van der Waals surface area contributed by atoms with E-state index in [-0.39, 0.29) is 24.0 Å². The molecule has 1 unspecified atom stereocenters. The van der Waals surface area contributed by atoms with Gasteiger partial charge in [-0.1, -0.05) is 6.92 Å². The zero-order valence-corrected chi connectivity index (χ0v) is 19.4. The molecule has 154 valence electrons. The first-order chi connectivity index (χ1) is 13.1. The van der Waals surface area contributed by atoms with Gasteiger partial charge >= 0.3 is 0 Å². The molecule has 6 nitrogen and oxygen atoms in total. The molecule has 2 rings (SSSR count). The first-order valence-electron chi connectivity index (χ1n) is 9.55. The van der Waals surface area contributed by atoms with Crippen LogP contribution in [0.1, 0.15) is 39.7 Å². The average molecular weight is 498 g/mol. The summed E-state index contributed by atoms with van der Waals surface area (Å²) in [5, 5.41) is 6.66. The monoisotopic (exact) mass is 498 g/mol. The molecule has 0 radical (unpaired) electrons. The molecule has 0 fully saturated rings. The molecule has 0 aliphatic rings. The van der Waals surface area contributed by atoms with Gasteiger partial charge in [-0.15, -0.1) is 24.0 Å². The van der Waals surface area contributed by atoms with E-state index in [1.807, 2.05) is 43.3 Å². The summed E-state index contributed by atoms with van der Waals surface area (Å²) in [5.41, 5.74) is 1.03. The first-order valence-corrected chi connectivity index (χ1v) is 9.55. The van der Waals surface area contributed by atoms with Crippen LogP contribution in [0.5, 0.6) is 17.4 Å². The fourth-order valence-corrected chi connectivity index (χ4v) is 2.32. The van der Waals surface area contributed by atoms with Gasteiger partial charge in [-0.2, -0.15) is 0 Å². The molecule has 1 heterocycles. The van der Waals surface area contributed by atoms with E-state index in [0.717, 1.165) is 36.0 Å². The third kappa shape index (κ3) is 8.33. The molecular formula is C21H31IN4O2. The predicted octanol–water partition coefficient (Wildman–Crippen LogP) is 4.74. The molecule has 7 heteroatoms. The number of hydrogen-bond donors (Lipinski definition) is 2. The minimum absolute atomic E-state index is 0. The maximum absolute atomic E-state index is 5.84. The lowest BCUT2D eigenvalue weighted by Gasteiger charge is -2.16. The Morgan fingerprint density at radius 2 is 1.82 bits per heavy atom. The second-order valence-electron chi connectivity index (χ2n) is 6.16. The molecule has 0 spiro atoms. The van der Waals surface area contributed by atoms with Crippen molar-refractivity contribution in [1.82, 2.24) is 15.6 Å². The third-order valence-corrected chi connectivity index (χ3v) is 3.92. The van der Waals surface area contributed by atoms with Crippen molar-refractivity contribution in [2.75, 3.05) is 13.2 Å². The van der Waals surface area contributed by atoms with Crippen molar-refractivity contribution < 1.29 is 9.47 Å². The van der Waals surface area contributed by atoms with Crippen LogP contribution in [0.4, 0.5) is 0 Å². The lowest BCUT2D eigenvalue weighted by Crippen LogP contribution is -2.41. The van der Waals surface area contributed by atoms with E-state index in [1.54, 1.807) is 6.20 Å². The molecule has 2 aromatic rings. The molecule has 0 saturated carbocycles. The number of hydrogen-bond acceptors (Lipinski definition) is 4. The highest BCUT2D eigenvalue weighted by Crippen LogP contribution is 2.23. The number of guanidine groups is 1. The van der Waals surface area contributed by atoms with E-state index >= 15 is 0 Å². The number of benzene rings is 1. The molecule has 0 bridgehead atoms. The molecule has 0 saturated heterocycles. The number of aliphatic imine (C=N–C) groups is 1. The minimum Gasteiger partial charge on any atom is -0.494 e. The summed E-state index contributed by atoms with van der Waals surface area (Å²) in [4.78, 5) is 8.93. The van der Waals surface area contributed by atoms with Gasteiger partial charge in [-0.3, -0.25) is 0 Å². The Morgan fingerprint density at radius 1 is 1.11 bits per heavy atom. The topological polar surface area (TPSA) is 67.8 Å². The smallest absolute Gasteiger partial charge is 0.219 e. The van der Waals surface area contributed by atoms with Crippen molar-refractivity contribution in [3.05, 3.63) is 48.2 Å². The second kappa shape index (κ2) is 13.2. The molecule has 1 aromatic heterocycles. The predicted molar refractivity (Wildman–Crippen MR) is 125 cm³/mol. The van der Waals surface area contributed by atoms with Crippen LogP contribution < -0.4 is 20.1 Å². The molecule has 0 aliphatic carbocycles. The van der Waals surface area contributed by atoms with Gasteiger partial charge in [0.05, 0.1) is 13.2 Å². The van der Waals surface area contributed by atoms with Crippen molar-refractivity contribution >= 4 is 29.9 Å². The number of rotatable bonds is 9. The van der Waals surface area contributed by atoms with Crippen LogP contribution in [0.3, 0.4) is 0 Å². The van der Waals surface area contributed by atoms with Gasteiger partial charge < -0.3 is 20.1 Å². The fraction of sp³-hybridized carbons (Fsp3) is 0.429. The van der Waals surface area contributed by atoms with Crippen molar-refractivity contribution in [3.8, 4) is 17.4 Å². The summed E-state index contributed by atoms with van der Waals surface area (Å²) < 4.78 is 11.3. The molecule has 1 atom stereocenters. The van der Waals surface area contributed by atoms with Crippen molar-refractivity contribution in [1.29, 1.82) is 0 Å². The Hall–Kier alpha value is -2.03. The zero-order valence-electron chi connectivity index (χ0n) is 17.1. The Morgan fingerprint density at radius 3 is 2.46 bits per heavy atom. The Labute approximate surface area is 185 Å². The summed E-state index contributed by atoms with van der Waals surface area (Å²) in [5.74, 6) is 2.91. The van der Waals surface area contributed by atoms with Gasteiger partial charge in [0, 0.05) is 24.8 Å². The van der Waals surface area contributed by atoms with Gasteiger partial charge in [0.2, 0.25) is 5.88 Å². The molecule has 1 aromatic carbocycles. The highest BCUT2D eigenvalue weighted by atomic mass is 127. The molecule has 0 amide bonds. The second-order valence-corrected chi connectivity index (χ2v) is 6.16. The standard InChI is InChI=1S/C21H30N4O2.HI/c1-5-16(4)25-21(22-6-2)24-15-17-12-13-23-20(14-17)27-19-10-8-18(9-11-19)26-7-3;/h8-14,16H,5-7,15H2,1-4H3,(H2,22,24,25);1H. The Kier molecular flexibility index (Phi) is 11.3. The summed E-state index contributed by atoms with van der Waals surface area (Å²) in [7, 11) is 0. The third-order valence-electron chi connectivity index (χ3n) is 3.92. The minimum atomic E-state index is 0. The van der Waals surface area contributed by atoms with E-state index in [4.69, 9.17) is 9.47 Å². The maximum Gasteiger partial charge on any atom is 0.219 e. The van der Waals surface area contributed by atoms with Crippen molar-refractivity contribution in [2.45, 2.75) is 46.7 Å². The van der Waals surface area contributed by atoms with E-state index in [1.165, 1.54) is 0 Å². The number of nitrogens with one attached hydrogen (secondary N) is 2. The summed E-state index contributed by atoms with van der Waals surface area (Å²) in [6.45, 7) is 10.3. The lowest BCUT2D eigenvalue weighted by molar-refractivity contribution is 0.339. The zero-order chi connectivity index (χ0) is 19.5. The SMILES string of the molecule is CCNC(=NCc1ccnc(Oc2ccc(OCC)cc2)c1)NC(C)CC.I. The summed E-state index contributed by atoms with van der Waals surface area (Å²) >= 11 is 0. The lowest BCUT2D eigenvalue weighted by atomic mass is 10.2. The van der Waals surface area contributed by atoms with E-state index in [0.29, 0.717) is 25.1 Å². The van der Waals surface area contributed by atoms with Crippen LogP contribution >= 0.6 is 24.0 Å². The molecule has 0 aliphatic heterocycles. The van der Waals surface area contributed by atoms with E-state index in [9.17, 15) is 0 Å². The van der Waals surface area contributed by atoms with Gasteiger partial charge in [0.15, 0.2) is 5.96 Å². The number of halogens is 1. The maximum atomic E-state index is 5.84. The van der Waals surface area contributed by atoms with Gasteiger partial charge in [0.25, 0.3) is 0 Å². The van der Waals surface area contributed by atoms with E-state index in [2.05, 4.69) is 41.4 Å². The number of pyridine rings is 1. The van der Waals surface area contributed by atoms with Gasteiger partial charge in [0.1, 0.15) is 11.5 Å². The van der Waals surface area contributed by atoms with Crippen LogP contribution in [0.25, 0.3) is 0 Å². The summed E-state index contributed by atoms with van der Waals surface area (Å²) in [6, 6.07) is 11.7. The normalized spacial score (nSPS) is 11.9. The summed E-state index contributed by atoms with van der Waals surface area (Å²) in [6.07, 6.45) is 2.78. The highest BCUT2D eigenvalue weighted by molar-refractivity contribution is 14.0. The fourth-order valence-electron chi connectivity index (χ4n) is 2.32. The van der Waals surface area contributed by atoms with E-state index < -0.39 is 0 Å². The number of ether oxygens (including phenoxy) is 2. The molecule has 28 heavy (non-hydrogen) atoms. The molecular weight excluding hydrogens is 467 g/mol. The van der Waals surface area contributed by atoms with Gasteiger partial charge in [-0.05, 0) is 63.1 Å². The quantitative estimate of drug-likeness (QED) is 0.297. The Balaban J connectivity index is 0.00000392. The van der Waals surface area contributed by atoms with Gasteiger partial charge in [-0.25, -0.2) is 9.98 Å². The Bertz CT molecular complexity index is 723. The largest absolute Gasteiger partial charge is 0.494 e. The van der Waals surface area contributed by atoms with Crippen LogP contribution in [-0.4, -0.2) is 30.1 Å². The molecule has 2 N–H and O–H groups in total. The number of nitrogens with zero attached hydrogens (tertiary/aromatic N) is 2. The van der Waals surface area contributed by atoms with Crippen LogP contribution in [0, 0.1) is 0 Å². The van der Waals surface area contributed by atoms with Crippen LogP contribution in [0.15, 0.2) is 47.6 Å². The van der Waals surface area contributed by atoms with Crippen molar-refractivity contribution in [3.63, 3.8) is 0 Å². The first kappa shape index (κ1) is 24.0.